The predicted molar refractivity (Wildman–Crippen MR) is 151 cm³/mol. The Kier molecular flexibility index (Phi) is 6.90. The van der Waals surface area contributed by atoms with Crippen LogP contribution in [0.25, 0.3) is 28.0 Å². The van der Waals surface area contributed by atoms with Crippen molar-refractivity contribution in [1.82, 2.24) is 4.90 Å². The summed E-state index contributed by atoms with van der Waals surface area (Å²) in [5.74, 6) is -0.342. The van der Waals surface area contributed by atoms with E-state index in [1.165, 1.54) is 12.1 Å². The van der Waals surface area contributed by atoms with E-state index in [0.29, 0.717) is 6.54 Å². The maximum atomic E-state index is 14.3. The summed E-state index contributed by atoms with van der Waals surface area (Å²) >= 11 is 0. The Morgan fingerprint density at radius 1 is 0.946 bits per heavy atom. The molecule has 0 radical (unpaired) electrons. The van der Waals surface area contributed by atoms with Gasteiger partial charge in [0, 0.05) is 35.5 Å². The molecule has 0 saturated carbocycles. The van der Waals surface area contributed by atoms with Crippen LogP contribution in [0.3, 0.4) is 0 Å². The number of hydrogen-bond acceptors (Lipinski definition) is 2. The standard InChI is InChI=1S/C32H28FNO2S/c1-21-29(17-22-11-14-26(15-12-22)37(3)36)28-16-13-25(33)18-31(28)30(21)19-32(35)34(2)20-24-9-6-8-23-7-4-5-10-27(23)24/h4-18H,19-20H2,1-3H3. The van der Waals surface area contributed by atoms with Crippen LogP contribution in [0.2, 0.25) is 0 Å². The van der Waals surface area contributed by atoms with E-state index in [0.717, 1.165) is 54.6 Å². The van der Waals surface area contributed by atoms with Gasteiger partial charge in [-0.1, -0.05) is 60.7 Å². The number of hydrogen-bond donors (Lipinski definition) is 0. The molecule has 0 aromatic heterocycles. The van der Waals surface area contributed by atoms with Crippen molar-refractivity contribution in [3.8, 4) is 0 Å². The highest BCUT2D eigenvalue weighted by Gasteiger charge is 2.27. The number of nitrogens with zero attached hydrogens (tertiary/aromatic N) is 1. The molecule has 0 fully saturated rings. The number of allylic oxidation sites excluding steroid dienone is 2. The molecule has 5 rings (SSSR count). The molecule has 1 amide bonds. The second-order valence-corrected chi connectivity index (χ2v) is 10.8. The van der Waals surface area contributed by atoms with Crippen molar-refractivity contribution >= 4 is 44.7 Å². The Balaban J connectivity index is 1.44. The zero-order valence-corrected chi connectivity index (χ0v) is 21.9. The van der Waals surface area contributed by atoms with E-state index >= 15 is 0 Å². The Morgan fingerprint density at radius 3 is 2.43 bits per heavy atom. The van der Waals surface area contributed by atoms with Crippen LogP contribution in [0.5, 0.6) is 0 Å². The third-order valence-electron chi connectivity index (χ3n) is 7.02. The van der Waals surface area contributed by atoms with E-state index in [1.54, 1.807) is 17.2 Å². The van der Waals surface area contributed by atoms with E-state index in [1.807, 2.05) is 62.5 Å². The molecule has 1 aliphatic rings. The van der Waals surface area contributed by atoms with Crippen molar-refractivity contribution in [1.29, 1.82) is 0 Å². The van der Waals surface area contributed by atoms with Crippen LogP contribution in [-0.4, -0.2) is 28.3 Å². The third kappa shape index (κ3) is 5.05. The van der Waals surface area contributed by atoms with Crippen LogP contribution >= 0.6 is 0 Å². The van der Waals surface area contributed by atoms with Gasteiger partial charge in [0.15, 0.2) is 0 Å². The number of carbonyl (C=O) groups excluding carboxylic acids is 1. The maximum absolute atomic E-state index is 14.3. The van der Waals surface area contributed by atoms with Gasteiger partial charge in [-0.3, -0.25) is 9.00 Å². The number of fused-ring (bicyclic) bond motifs is 2. The summed E-state index contributed by atoms with van der Waals surface area (Å²) in [5, 5.41) is 2.28. The van der Waals surface area contributed by atoms with Crippen LogP contribution in [-0.2, 0) is 22.1 Å². The summed E-state index contributed by atoms with van der Waals surface area (Å²) < 4.78 is 26.0. The van der Waals surface area contributed by atoms with E-state index in [2.05, 4.69) is 24.3 Å². The number of halogens is 1. The van der Waals surface area contributed by atoms with E-state index in [4.69, 9.17) is 0 Å². The lowest BCUT2D eigenvalue weighted by Crippen LogP contribution is -2.26. The van der Waals surface area contributed by atoms with Crippen LogP contribution in [0.1, 0.15) is 35.6 Å². The van der Waals surface area contributed by atoms with Crippen molar-refractivity contribution in [3.05, 3.63) is 119 Å². The summed E-state index contributed by atoms with van der Waals surface area (Å²) in [6.07, 6.45) is 3.89. The molecule has 3 nitrogen and oxygen atoms in total. The van der Waals surface area contributed by atoms with Gasteiger partial charge >= 0.3 is 0 Å². The van der Waals surface area contributed by atoms with Gasteiger partial charge in [-0.25, -0.2) is 4.39 Å². The van der Waals surface area contributed by atoms with Gasteiger partial charge < -0.3 is 4.90 Å². The molecule has 1 atom stereocenters. The average molecular weight is 510 g/mol. The highest BCUT2D eigenvalue weighted by atomic mass is 32.2. The minimum atomic E-state index is -1.04. The number of rotatable bonds is 6. The summed E-state index contributed by atoms with van der Waals surface area (Å²) in [6, 6.07) is 26.6. The van der Waals surface area contributed by atoms with Gasteiger partial charge in [0.2, 0.25) is 5.91 Å². The summed E-state index contributed by atoms with van der Waals surface area (Å²) in [5.41, 5.74) is 6.52. The topological polar surface area (TPSA) is 37.4 Å². The highest BCUT2D eigenvalue weighted by molar-refractivity contribution is 7.84. The summed E-state index contributed by atoms with van der Waals surface area (Å²) in [6.45, 7) is 2.49. The Labute approximate surface area is 219 Å². The summed E-state index contributed by atoms with van der Waals surface area (Å²) in [7, 11) is 0.776. The molecule has 0 spiro atoms. The SMILES string of the molecule is CC1=C(CC(=O)N(C)Cc2cccc3ccccc23)c2cc(F)ccc2C1=Cc1ccc(S(C)=O)cc1. The minimum Gasteiger partial charge on any atom is -0.341 e. The van der Waals surface area contributed by atoms with Gasteiger partial charge in [0.05, 0.1) is 6.42 Å². The zero-order valence-electron chi connectivity index (χ0n) is 21.1. The minimum absolute atomic E-state index is 0.0199. The molecule has 186 valence electrons. The number of amides is 1. The second-order valence-electron chi connectivity index (χ2n) is 9.44. The van der Waals surface area contributed by atoms with Crippen LogP contribution < -0.4 is 0 Å². The second kappa shape index (κ2) is 10.3. The van der Waals surface area contributed by atoms with Gasteiger partial charge in [0.25, 0.3) is 0 Å². The molecule has 1 unspecified atom stereocenters. The van der Waals surface area contributed by atoms with E-state index < -0.39 is 10.8 Å². The van der Waals surface area contributed by atoms with Crippen molar-refractivity contribution in [3.63, 3.8) is 0 Å². The fraction of sp³-hybridized carbons (Fsp3) is 0.156. The van der Waals surface area contributed by atoms with E-state index in [9.17, 15) is 13.4 Å². The third-order valence-corrected chi connectivity index (χ3v) is 7.95. The zero-order chi connectivity index (χ0) is 26.1. The first-order valence-corrected chi connectivity index (χ1v) is 13.7. The van der Waals surface area contributed by atoms with Crippen molar-refractivity contribution in [2.45, 2.75) is 24.8 Å². The Morgan fingerprint density at radius 2 is 1.68 bits per heavy atom. The van der Waals surface area contributed by atoms with Gasteiger partial charge in [-0.15, -0.1) is 0 Å². The summed E-state index contributed by atoms with van der Waals surface area (Å²) in [4.78, 5) is 15.9. The molecule has 4 aromatic rings. The molecule has 0 N–H and O–H groups in total. The molecular formula is C32H28FNO2S. The van der Waals surface area contributed by atoms with Crippen molar-refractivity contribution in [2.75, 3.05) is 13.3 Å². The van der Waals surface area contributed by atoms with Gasteiger partial charge in [0.1, 0.15) is 5.82 Å². The molecule has 0 bridgehead atoms. The van der Waals surface area contributed by atoms with Crippen molar-refractivity contribution < 1.29 is 13.4 Å². The Bertz CT molecular complexity index is 1600. The first kappa shape index (κ1) is 24.8. The van der Waals surface area contributed by atoms with E-state index in [-0.39, 0.29) is 18.1 Å². The lowest BCUT2D eigenvalue weighted by molar-refractivity contribution is -0.129. The first-order valence-electron chi connectivity index (χ1n) is 12.2. The molecule has 4 aromatic carbocycles. The van der Waals surface area contributed by atoms with Crippen molar-refractivity contribution in [2.24, 2.45) is 0 Å². The smallest absolute Gasteiger partial charge is 0.227 e. The normalized spacial score (nSPS) is 14.8. The lowest BCUT2D eigenvalue weighted by Gasteiger charge is -2.19. The molecule has 1 aliphatic carbocycles. The van der Waals surface area contributed by atoms with Crippen LogP contribution in [0.4, 0.5) is 4.39 Å². The number of benzene rings is 4. The molecular weight excluding hydrogens is 481 g/mol. The largest absolute Gasteiger partial charge is 0.341 e. The molecule has 0 aliphatic heterocycles. The fourth-order valence-electron chi connectivity index (χ4n) is 4.96. The quantitative estimate of drug-likeness (QED) is 0.278. The molecule has 0 heterocycles. The maximum Gasteiger partial charge on any atom is 0.227 e. The first-order chi connectivity index (χ1) is 17.8. The lowest BCUT2D eigenvalue weighted by atomic mass is 10.0. The van der Waals surface area contributed by atoms with Gasteiger partial charge in [-0.05, 0) is 87.0 Å². The fourth-order valence-corrected chi connectivity index (χ4v) is 5.48. The van der Waals surface area contributed by atoms with Crippen LogP contribution in [0, 0.1) is 5.82 Å². The molecule has 37 heavy (non-hydrogen) atoms. The van der Waals surface area contributed by atoms with Gasteiger partial charge in [-0.2, -0.15) is 0 Å². The molecule has 0 saturated heterocycles. The Hall–Kier alpha value is -3.83. The monoisotopic (exact) mass is 509 g/mol. The van der Waals surface area contributed by atoms with Crippen LogP contribution in [0.15, 0.2) is 95.4 Å². The highest BCUT2D eigenvalue weighted by Crippen LogP contribution is 2.44. The predicted octanol–water partition coefficient (Wildman–Crippen LogP) is 7.09. The molecule has 5 heteroatoms. The average Bonchev–Trinajstić information content (AvgIpc) is 3.14. The number of carbonyl (C=O) groups is 1.